The summed E-state index contributed by atoms with van der Waals surface area (Å²) in [5.74, 6) is -2.72. The van der Waals surface area contributed by atoms with Crippen molar-refractivity contribution in [1.82, 2.24) is 19.5 Å². The summed E-state index contributed by atoms with van der Waals surface area (Å²) < 4.78 is 70.8. The average Bonchev–Trinajstić information content (AvgIpc) is 2.68. The third-order valence-electron chi connectivity index (χ3n) is 3.69. The number of rotatable bonds is 4. The number of aromatic nitrogens is 4. The van der Waals surface area contributed by atoms with E-state index in [1.165, 1.54) is 6.07 Å². The molecular formula is C17H7ClF5N5O3. The zero-order chi connectivity index (χ0) is 22.9. The van der Waals surface area contributed by atoms with E-state index in [-0.39, 0.29) is 16.3 Å². The number of hydrogen-bond acceptors (Lipinski definition) is 6. The molecule has 0 aliphatic carbocycles. The van der Waals surface area contributed by atoms with Gasteiger partial charge in [-0.05, 0) is 18.2 Å². The van der Waals surface area contributed by atoms with Gasteiger partial charge in [-0.2, -0.15) is 18.4 Å². The quantitative estimate of drug-likeness (QED) is 0.596. The molecule has 14 heteroatoms. The van der Waals surface area contributed by atoms with Crippen molar-refractivity contribution in [2.45, 2.75) is 12.6 Å². The zero-order valence-electron chi connectivity index (χ0n) is 14.7. The number of alkyl halides is 5. The summed E-state index contributed by atoms with van der Waals surface area (Å²) in [4.78, 5) is 32.9. The van der Waals surface area contributed by atoms with Crippen LogP contribution in [0.2, 0.25) is 5.02 Å². The van der Waals surface area contributed by atoms with E-state index in [2.05, 4.69) is 9.97 Å². The van der Waals surface area contributed by atoms with Crippen LogP contribution in [0.15, 0.2) is 40.3 Å². The van der Waals surface area contributed by atoms with Crippen LogP contribution in [0.3, 0.4) is 0 Å². The van der Waals surface area contributed by atoms with Crippen molar-refractivity contribution in [3.05, 3.63) is 73.5 Å². The Balaban J connectivity index is 2.21. The van der Waals surface area contributed by atoms with Gasteiger partial charge in [0.05, 0.1) is 17.8 Å². The van der Waals surface area contributed by atoms with Crippen molar-refractivity contribution in [3.8, 4) is 23.3 Å². The van der Waals surface area contributed by atoms with Crippen LogP contribution in [0.4, 0.5) is 22.0 Å². The number of benzene rings is 1. The Kier molecular flexibility index (Phi) is 5.76. The number of nitriles is 1. The van der Waals surface area contributed by atoms with Crippen molar-refractivity contribution in [2.24, 2.45) is 0 Å². The highest BCUT2D eigenvalue weighted by Crippen LogP contribution is 2.35. The van der Waals surface area contributed by atoms with E-state index in [1.807, 2.05) is 0 Å². The van der Waals surface area contributed by atoms with Gasteiger partial charge in [0.25, 0.3) is 12.0 Å². The third-order valence-corrected chi connectivity index (χ3v) is 3.90. The summed E-state index contributed by atoms with van der Waals surface area (Å²) in [6.07, 6.45) is -7.30. The highest BCUT2D eigenvalue weighted by Gasteiger charge is 2.39. The van der Waals surface area contributed by atoms with Gasteiger partial charge in [-0.15, -0.1) is 0 Å². The Bertz CT molecular complexity index is 1310. The van der Waals surface area contributed by atoms with Crippen LogP contribution in [0.5, 0.6) is 11.5 Å². The van der Waals surface area contributed by atoms with Crippen molar-refractivity contribution in [3.63, 3.8) is 0 Å². The first-order valence-corrected chi connectivity index (χ1v) is 8.34. The second-order valence-corrected chi connectivity index (χ2v) is 6.20. The first-order chi connectivity index (χ1) is 14.5. The van der Waals surface area contributed by atoms with E-state index >= 15 is 0 Å². The largest absolute Gasteiger partial charge is 0.449 e. The van der Waals surface area contributed by atoms with Crippen LogP contribution in [0.1, 0.15) is 23.5 Å². The van der Waals surface area contributed by atoms with Gasteiger partial charge in [-0.1, -0.05) is 11.6 Å². The minimum atomic E-state index is -5.13. The lowest BCUT2D eigenvalue weighted by atomic mass is 10.2. The normalized spacial score (nSPS) is 11.4. The highest BCUT2D eigenvalue weighted by molar-refractivity contribution is 6.30. The van der Waals surface area contributed by atoms with Crippen LogP contribution in [0, 0.1) is 11.3 Å². The minimum absolute atomic E-state index is 0.0601. The maximum Gasteiger partial charge on any atom is 0.437 e. The number of H-pyrrole nitrogens is 1. The molecule has 0 radical (unpaired) electrons. The van der Waals surface area contributed by atoms with Crippen molar-refractivity contribution >= 4 is 11.6 Å². The van der Waals surface area contributed by atoms with E-state index in [9.17, 15) is 31.5 Å². The molecule has 1 N–H and O–H groups in total. The molecule has 8 nitrogen and oxygen atoms in total. The number of aromatic amines is 1. The van der Waals surface area contributed by atoms with Crippen LogP contribution in [0.25, 0.3) is 5.69 Å². The van der Waals surface area contributed by atoms with Crippen LogP contribution < -0.4 is 15.9 Å². The molecule has 3 rings (SSSR count). The summed E-state index contributed by atoms with van der Waals surface area (Å²) in [5.41, 5.74) is -5.18. The molecule has 0 aliphatic rings. The molecule has 3 aromatic rings. The predicted molar refractivity (Wildman–Crippen MR) is 94.4 cm³/mol. The van der Waals surface area contributed by atoms with Crippen molar-refractivity contribution in [1.29, 1.82) is 5.26 Å². The summed E-state index contributed by atoms with van der Waals surface area (Å²) >= 11 is 5.79. The Morgan fingerprint density at radius 1 is 1.19 bits per heavy atom. The Labute approximate surface area is 173 Å². The molecule has 0 aliphatic heterocycles. The minimum Gasteiger partial charge on any atom is -0.449 e. The SMILES string of the molecule is N#Cc1cc(Cl)cc(Oc2c(C(F)(F)F)ncn(-c3cnc(C(F)F)[nH]c3=O)c2=O)c1. The first kappa shape index (κ1) is 21.9. The third kappa shape index (κ3) is 4.53. The molecule has 1 aromatic carbocycles. The lowest BCUT2D eigenvalue weighted by Gasteiger charge is -2.14. The molecule has 31 heavy (non-hydrogen) atoms. The highest BCUT2D eigenvalue weighted by atomic mass is 35.5. The molecule has 0 fully saturated rings. The van der Waals surface area contributed by atoms with Gasteiger partial charge in [0.2, 0.25) is 5.75 Å². The lowest BCUT2D eigenvalue weighted by Crippen LogP contribution is -2.29. The number of hydrogen-bond donors (Lipinski definition) is 1. The van der Waals surface area contributed by atoms with E-state index in [0.29, 0.717) is 17.1 Å². The number of nitrogens with one attached hydrogen (secondary N) is 1. The van der Waals surface area contributed by atoms with Gasteiger partial charge in [0.15, 0.2) is 11.5 Å². The second kappa shape index (κ2) is 8.15. The first-order valence-electron chi connectivity index (χ1n) is 7.96. The van der Waals surface area contributed by atoms with Gasteiger partial charge in [-0.25, -0.2) is 18.7 Å². The van der Waals surface area contributed by atoms with Crippen LogP contribution in [-0.4, -0.2) is 19.5 Å². The van der Waals surface area contributed by atoms with Gasteiger partial charge in [0, 0.05) is 5.02 Å². The van der Waals surface area contributed by atoms with Gasteiger partial charge in [-0.3, -0.25) is 14.2 Å². The second-order valence-electron chi connectivity index (χ2n) is 5.77. The standard InChI is InChI=1S/C17H7ClF5N5O3/c18-8-1-7(4-24)2-9(3-8)31-11-12(17(21,22)23)26-6-28(16(11)30)10-5-25-14(13(19)20)27-15(10)29/h1-3,5-6,13H,(H,25,27,29). The van der Waals surface area contributed by atoms with E-state index in [0.717, 1.165) is 12.1 Å². The molecule has 2 aromatic heterocycles. The van der Waals surface area contributed by atoms with Crippen LogP contribution in [-0.2, 0) is 6.18 Å². The Morgan fingerprint density at radius 2 is 1.90 bits per heavy atom. The van der Waals surface area contributed by atoms with Gasteiger partial charge in [0.1, 0.15) is 17.8 Å². The fourth-order valence-electron chi connectivity index (χ4n) is 2.39. The summed E-state index contributed by atoms with van der Waals surface area (Å²) in [7, 11) is 0. The summed E-state index contributed by atoms with van der Waals surface area (Å²) in [5, 5.41) is 8.89. The monoisotopic (exact) mass is 459 g/mol. The van der Waals surface area contributed by atoms with Crippen LogP contribution >= 0.6 is 11.6 Å². The molecule has 0 saturated carbocycles. The molecule has 160 valence electrons. The van der Waals surface area contributed by atoms with E-state index in [1.54, 1.807) is 11.1 Å². The summed E-state index contributed by atoms with van der Waals surface area (Å²) in [6.45, 7) is 0. The predicted octanol–water partition coefficient (Wildman–Crippen LogP) is 3.59. The maximum absolute atomic E-state index is 13.4. The lowest BCUT2D eigenvalue weighted by molar-refractivity contribution is -0.142. The topological polar surface area (TPSA) is 114 Å². The maximum atomic E-state index is 13.4. The fraction of sp³-hybridized carbons (Fsp3) is 0.118. The van der Waals surface area contributed by atoms with Crippen molar-refractivity contribution in [2.75, 3.05) is 0 Å². The Hall–Kier alpha value is -3.79. The van der Waals surface area contributed by atoms with Gasteiger partial charge >= 0.3 is 11.7 Å². The molecule has 2 heterocycles. The van der Waals surface area contributed by atoms with E-state index < -0.39 is 46.7 Å². The number of halogens is 6. The smallest absolute Gasteiger partial charge is 0.437 e. The molecule has 0 amide bonds. The molecular weight excluding hydrogens is 453 g/mol. The van der Waals surface area contributed by atoms with Gasteiger partial charge < -0.3 is 9.72 Å². The van der Waals surface area contributed by atoms with Crippen molar-refractivity contribution < 1.29 is 26.7 Å². The van der Waals surface area contributed by atoms with E-state index in [4.69, 9.17) is 21.6 Å². The Morgan fingerprint density at radius 3 is 2.48 bits per heavy atom. The molecule has 0 unspecified atom stereocenters. The summed E-state index contributed by atoms with van der Waals surface area (Å²) in [6, 6.07) is 4.99. The molecule has 0 atom stereocenters. The zero-order valence-corrected chi connectivity index (χ0v) is 15.5. The molecule has 0 bridgehead atoms. The average molecular weight is 460 g/mol. The number of nitrogens with zero attached hydrogens (tertiary/aromatic N) is 4. The number of ether oxygens (including phenoxy) is 1. The molecule has 0 saturated heterocycles. The molecule has 0 spiro atoms. The fourth-order valence-corrected chi connectivity index (χ4v) is 2.62.